The van der Waals surface area contributed by atoms with Gasteiger partial charge in [0.1, 0.15) is 16.2 Å². The predicted octanol–water partition coefficient (Wildman–Crippen LogP) is 0.874. The standard InChI is InChI=1S/C15H19N3O5S/c1-7-9-12(24-10(7)11(16)19)17-8(5-6-23-4)18(13(9)20)15(2,3)14(21)22/h5-6H2,1-4H3,(H2,16,19)(H,21,22). The molecule has 0 radical (unpaired) electrons. The second kappa shape index (κ2) is 6.33. The molecule has 0 bridgehead atoms. The largest absolute Gasteiger partial charge is 0.480 e. The fraction of sp³-hybridized carbons (Fsp3) is 0.467. The third-order valence-electron chi connectivity index (χ3n) is 3.87. The Hall–Kier alpha value is -2.26. The van der Waals surface area contributed by atoms with Crippen molar-refractivity contribution in [3.8, 4) is 0 Å². The predicted molar refractivity (Wildman–Crippen MR) is 89.7 cm³/mol. The van der Waals surface area contributed by atoms with Gasteiger partial charge in [0.25, 0.3) is 11.5 Å². The average molecular weight is 353 g/mol. The van der Waals surface area contributed by atoms with E-state index in [0.29, 0.717) is 16.2 Å². The van der Waals surface area contributed by atoms with Gasteiger partial charge in [-0.05, 0) is 26.3 Å². The molecule has 2 rings (SSSR count). The highest BCUT2D eigenvalue weighted by molar-refractivity contribution is 7.20. The van der Waals surface area contributed by atoms with Crippen LogP contribution >= 0.6 is 11.3 Å². The van der Waals surface area contributed by atoms with Crippen molar-refractivity contribution >= 4 is 33.4 Å². The normalized spacial score (nSPS) is 11.8. The second-order valence-corrected chi connectivity index (χ2v) is 6.88. The van der Waals surface area contributed by atoms with Gasteiger partial charge >= 0.3 is 5.97 Å². The molecular formula is C15H19N3O5S. The number of aliphatic carboxylic acids is 1. The van der Waals surface area contributed by atoms with Crippen molar-refractivity contribution in [3.05, 3.63) is 26.6 Å². The molecule has 9 heteroatoms. The molecule has 24 heavy (non-hydrogen) atoms. The third-order valence-corrected chi connectivity index (χ3v) is 5.07. The molecule has 0 aliphatic rings. The molecule has 0 aliphatic heterocycles. The Kier molecular flexibility index (Phi) is 4.77. The van der Waals surface area contributed by atoms with E-state index in [9.17, 15) is 19.5 Å². The first-order chi connectivity index (χ1) is 11.1. The van der Waals surface area contributed by atoms with Crippen molar-refractivity contribution in [2.24, 2.45) is 5.73 Å². The number of fused-ring (bicyclic) bond motifs is 1. The summed E-state index contributed by atoms with van der Waals surface area (Å²) in [6, 6.07) is 0. The maximum atomic E-state index is 13.0. The molecule has 0 aromatic carbocycles. The van der Waals surface area contributed by atoms with Gasteiger partial charge in [0, 0.05) is 13.5 Å². The minimum absolute atomic E-state index is 0.226. The number of carboxylic acid groups (broad SMARTS) is 1. The van der Waals surface area contributed by atoms with Crippen molar-refractivity contribution in [1.29, 1.82) is 0 Å². The Morgan fingerprint density at radius 3 is 2.54 bits per heavy atom. The minimum atomic E-state index is -1.50. The molecule has 2 aromatic rings. The number of hydrogen-bond donors (Lipinski definition) is 2. The third kappa shape index (κ3) is 2.80. The van der Waals surface area contributed by atoms with E-state index in [0.717, 1.165) is 15.9 Å². The summed E-state index contributed by atoms with van der Waals surface area (Å²) >= 11 is 1.03. The fourth-order valence-corrected chi connectivity index (χ4v) is 3.54. The topological polar surface area (TPSA) is 125 Å². The van der Waals surface area contributed by atoms with Gasteiger partial charge in [-0.2, -0.15) is 0 Å². The van der Waals surface area contributed by atoms with Crippen LogP contribution in [0.5, 0.6) is 0 Å². The molecule has 0 spiro atoms. The maximum Gasteiger partial charge on any atom is 0.329 e. The highest BCUT2D eigenvalue weighted by atomic mass is 32.1. The highest BCUT2D eigenvalue weighted by Crippen LogP contribution is 2.28. The van der Waals surface area contributed by atoms with Gasteiger partial charge in [-0.15, -0.1) is 11.3 Å². The van der Waals surface area contributed by atoms with E-state index in [-0.39, 0.29) is 23.3 Å². The summed E-state index contributed by atoms with van der Waals surface area (Å²) in [7, 11) is 1.50. The van der Waals surface area contributed by atoms with Gasteiger partial charge in [-0.25, -0.2) is 9.78 Å². The van der Waals surface area contributed by atoms with Crippen LogP contribution in [0.15, 0.2) is 4.79 Å². The number of nitrogens with zero attached hydrogens (tertiary/aromatic N) is 2. The molecule has 2 aromatic heterocycles. The van der Waals surface area contributed by atoms with Crippen molar-refractivity contribution < 1.29 is 19.4 Å². The number of carbonyl (C=O) groups is 2. The van der Waals surface area contributed by atoms with Gasteiger partial charge < -0.3 is 15.6 Å². The summed E-state index contributed by atoms with van der Waals surface area (Å²) in [6.45, 7) is 4.74. The number of aromatic nitrogens is 2. The van der Waals surface area contributed by atoms with Gasteiger partial charge in [-0.3, -0.25) is 14.2 Å². The van der Waals surface area contributed by atoms with E-state index in [1.807, 2.05) is 0 Å². The summed E-state index contributed by atoms with van der Waals surface area (Å²) in [5, 5.41) is 9.74. The van der Waals surface area contributed by atoms with Gasteiger partial charge in [-0.1, -0.05) is 0 Å². The van der Waals surface area contributed by atoms with Crippen molar-refractivity contribution in [2.75, 3.05) is 13.7 Å². The van der Waals surface area contributed by atoms with Gasteiger partial charge in [0.15, 0.2) is 0 Å². The average Bonchev–Trinajstić information content (AvgIpc) is 2.82. The zero-order valence-corrected chi connectivity index (χ0v) is 14.7. The first-order valence-electron chi connectivity index (χ1n) is 7.20. The number of thiophene rings is 1. The van der Waals surface area contributed by atoms with Crippen LogP contribution in [0.4, 0.5) is 0 Å². The SMILES string of the molecule is COCCc1nc2sc(C(N)=O)c(C)c2c(=O)n1C(C)(C)C(=O)O. The Morgan fingerprint density at radius 2 is 2.04 bits per heavy atom. The summed E-state index contributed by atoms with van der Waals surface area (Å²) in [6.07, 6.45) is 0.265. The van der Waals surface area contributed by atoms with Crippen molar-refractivity contribution in [1.82, 2.24) is 9.55 Å². The van der Waals surface area contributed by atoms with E-state index in [4.69, 9.17) is 10.5 Å². The van der Waals surface area contributed by atoms with Crippen molar-refractivity contribution in [3.63, 3.8) is 0 Å². The van der Waals surface area contributed by atoms with Crippen LogP contribution in [-0.4, -0.2) is 40.3 Å². The molecule has 1 amide bonds. The Labute approximate surface area is 141 Å². The maximum absolute atomic E-state index is 13.0. The first kappa shape index (κ1) is 18.1. The monoisotopic (exact) mass is 353 g/mol. The van der Waals surface area contributed by atoms with Crippen LogP contribution in [0, 0.1) is 6.92 Å². The number of amides is 1. The molecule has 8 nitrogen and oxygen atoms in total. The van der Waals surface area contributed by atoms with Crippen LogP contribution in [0.1, 0.15) is 34.9 Å². The van der Waals surface area contributed by atoms with Gasteiger partial charge in [0.2, 0.25) is 0 Å². The van der Waals surface area contributed by atoms with Crippen LogP contribution in [0.2, 0.25) is 0 Å². The van der Waals surface area contributed by atoms with E-state index in [2.05, 4.69) is 4.98 Å². The van der Waals surface area contributed by atoms with E-state index in [1.54, 1.807) is 6.92 Å². The minimum Gasteiger partial charge on any atom is -0.480 e. The molecule has 0 atom stereocenters. The Morgan fingerprint density at radius 1 is 1.42 bits per heavy atom. The highest BCUT2D eigenvalue weighted by Gasteiger charge is 2.34. The summed E-state index contributed by atoms with van der Waals surface area (Å²) < 4.78 is 6.17. The summed E-state index contributed by atoms with van der Waals surface area (Å²) in [5.74, 6) is -1.51. The number of nitrogens with two attached hydrogens (primary N) is 1. The smallest absolute Gasteiger partial charge is 0.329 e. The molecule has 0 aliphatic carbocycles. The number of rotatable bonds is 6. The second-order valence-electron chi connectivity index (χ2n) is 5.88. The quantitative estimate of drug-likeness (QED) is 0.794. The number of carbonyl (C=O) groups excluding carboxylic acids is 1. The lowest BCUT2D eigenvalue weighted by molar-refractivity contribution is -0.146. The molecule has 0 unspecified atom stereocenters. The van der Waals surface area contributed by atoms with E-state index >= 15 is 0 Å². The van der Waals surface area contributed by atoms with E-state index < -0.39 is 23.0 Å². The number of hydrogen-bond acceptors (Lipinski definition) is 6. The molecule has 0 fully saturated rings. The summed E-state index contributed by atoms with van der Waals surface area (Å²) in [5.41, 5.74) is 3.77. The lowest BCUT2D eigenvalue weighted by Crippen LogP contribution is -2.45. The van der Waals surface area contributed by atoms with E-state index in [1.165, 1.54) is 21.0 Å². The number of methoxy groups -OCH3 is 1. The molecule has 130 valence electrons. The zero-order chi connectivity index (χ0) is 18.2. The molecule has 0 saturated carbocycles. The van der Waals surface area contributed by atoms with Crippen LogP contribution in [-0.2, 0) is 21.5 Å². The number of aryl methyl sites for hydroxylation is 1. The van der Waals surface area contributed by atoms with Crippen LogP contribution < -0.4 is 11.3 Å². The molecule has 0 saturated heterocycles. The van der Waals surface area contributed by atoms with Gasteiger partial charge in [0.05, 0.1) is 16.9 Å². The lowest BCUT2D eigenvalue weighted by atomic mass is 10.0. The Balaban J connectivity index is 2.90. The molecule has 2 heterocycles. The number of ether oxygens (including phenoxy) is 1. The van der Waals surface area contributed by atoms with Crippen LogP contribution in [0.3, 0.4) is 0 Å². The molecule has 3 N–H and O–H groups in total. The fourth-order valence-electron chi connectivity index (χ4n) is 2.49. The zero-order valence-electron chi connectivity index (χ0n) is 13.9. The first-order valence-corrected chi connectivity index (χ1v) is 8.02. The molecular weight excluding hydrogens is 334 g/mol. The summed E-state index contributed by atoms with van der Waals surface area (Å²) in [4.78, 5) is 41.2. The lowest BCUT2D eigenvalue weighted by Gasteiger charge is -2.25. The number of carboxylic acids is 1. The number of primary amides is 1. The Bertz CT molecular complexity index is 881. The van der Waals surface area contributed by atoms with Crippen molar-refractivity contribution in [2.45, 2.75) is 32.7 Å². The van der Waals surface area contributed by atoms with Crippen LogP contribution in [0.25, 0.3) is 10.2 Å².